The molecule has 3 rings (SSSR count). The Hall–Kier alpha value is -3.62. The number of phenols is 1. The van der Waals surface area contributed by atoms with Gasteiger partial charge in [0.2, 0.25) is 12.5 Å². The quantitative estimate of drug-likeness (QED) is 0.536. The number of carbonyl (C=O) groups is 2. The molecule has 0 amide bonds. The molecular formula is C21H22O9. The van der Waals surface area contributed by atoms with E-state index < -0.39 is 17.9 Å². The van der Waals surface area contributed by atoms with Crippen molar-refractivity contribution in [3.63, 3.8) is 0 Å². The highest BCUT2D eigenvalue weighted by Gasteiger charge is 2.28. The molecule has 1 N–H and O–H groups in total. The summed E-state index contributed by atoms with van der Waals surface area (Å²) in [4.78, 5) is 23.6. The van der Waals surface area contributed by atoms with Crippen LogP contribution in [0.2, 0.25) is 0 Å². The summed E-state index contributed by atoms with van der Waals surface area (Å²) in [5, 5.41) is 10.6. The van der Waals surface area contributed by atoms with Gasteiger partial charge in [-0.15, -0.1) is 0 Å². The molecular weight excluding hydrogens is 396 g/mol. The maximum Gasteiger partial charge on any atom is 0.308 e. The second-order valence-electron chi connectivity index (χ2n) is 6.45. The minimum absolute atomic E-state index is 0.0403. The molecule has 0 spiro atoms. The van der Waals surface area contributed by atoms with Crippen LogP contribution in [-0.4, -0.2) is 45.2 Å². The SMILES string of the molecule is COC(=O)CC(c1cc(OC)c(OC(C)=O)c(OC)c1)c1cc2c(cc1O)OCO2. The van der Waals surface area contributed by atoms with Gasteiger partial charge in [-0.1, -0.05) is 0 Å². The highest BCUT2D eigenvalue weighted by molar-refractivity contribution is 5.74. The van der Waals surface area contributed by atoms with Crippen LogP contribution in [0, 0.1) is 0 Å². The number of hydrogen-bond acceptors (Lipinski definition) is 9. The molecule has 0 bridgehead atoms. The van der Waals surface area contributed by atoms with Gasteiger partial charge in [0.05, 0.1) is 27.8 Å². The predicted molar refractivity (Wildman–Crippen MR) is 104 cm³/mol. The first kappa shape index (κ1) is 21.1. The van der Waals surface area contributed by atoms with Gasteiger partial charge in [0.1, 0.15) is 5.75 Å². The topological polar surface area (TPSA) is 110 Å². The number of aromatic hydroxyl groups is 1. The standard InChI is InChI=1S/C21H22O9/c1-11(22)30-21-18(25-2)5-12(6-19(21)26-3)13(8-20(24)27-4)14-7-16-17(9-15(14)23)29-10-28-16/h5-7,9,13,23H,8,10H2,1-4H3. The molecule has 2 aromatic rings. The molecule has 0 aliphatic carbocycles. The number of fused-ring (bicyclic) bond motifs is 1. The van der Waals surface area contributed by atoms with E-state index in [9.17, 15) is 14.7 Å². The van der Waals surface area contributed by atoms with Gasteiger partial charge in [0, 0.05) is 24.5 Å². The summed E-state index contributed by atoms with van der Waals surface area (Å²) < 4.78 is 31.5. The van der Waals surface area contributed by atoms with Gasteiger partial charge in [0.25, 0.3) is 0 Å². The number of methoxy groups -OCH3 is 3. The largest absolute Gasteiger partial charge is 0.508 e. The fraction of sp³-hybridized carbons (Fsp3) is 0.333. The van der Waals surface area contributed by atoms with Crippen LogP contribution in [0.25, 0.3) is 0 Å². The van der Waals surface area contributed by atoms with E-state index in [0.29, 0.717) is 22.6 Å². The molecule has 1 aliphatic rings. The highest BCUT2D eigenvalue weighted by Crippen LogP contribution is 2.46. The fourth-order valence-electron chi connectivity index (χ4n) is 3.23. The Morgan fingerprint density at radius 1 is 1.03 bits per heavy atom. The molecule has 0 saturated heterocycles. The van der Waals surface area contributed by atoms with E-state index in [1.165, 1.54) is 34.3 Å². The minimum Gasteiger partial charge on any atom is -0.508 e. The molecule has 30 heavy (non-hydrogen) atoms. The third-order valence-corrected chi connectivity index (χ3v) is 4.63. The fourth-order valence-corrected chi connectivity index (χ4v) is 3.23. The third-order valence-electron chi connectivity index (χ3n) is 4.63. The van der Waals surface area contributed by atoms with E-state index in [0.717, 1.165) is 0 Å². The van der Waals surface area contributed by atoms with Crippen LogP contribution in [0.3, 0.4) is 0 Å². The van der Waals surface area contributed by atoms with Crippen molar-refractivity contribution < 1.29 is 43.1 Å². The monoisotopic (exact) mass is 418 g/mol. The van der Waals surface area contributed by atoms with Crippen LogP contribution in [-0.2, 0) is 14.3 Å². The number of hydrogen-bond donors (Lipinski definition) is 1. The Morgan fingerprint density at radius 3 is 2.17 bits per heavy atom. The van der Waals surface area contributed by atoms with Crippen molar-refractivity contribution in [2.75, 3.05) is 28.1 Å². The lowest BCUT2D eigenvalue weighted by Crippen LogP contribution is -2.12. The van der Waals surface area contributed by atoms with Gasteiger partial charge in [-0.05, 0) is 23.8 Å². The van der Waals surface area contributed by atoms with Crippen molar-refractivity contribution in [3.05, 3.63) is 35.4 Å². The average molecular weight is 418 g/mol. The summed E-state index contributed by atoms with van der Waals surface area (Å²) in [5.74, 6) is -0.303. The highest BCUT2D eigenvalue weighted by atomic mass is 16.7. The molecule has 0 saturated carbocycles. The molecule has 0 aromatic heterocycles. The number of carbonyl (C=O) groups excluding carboxylic acids is 2. The predicted octanol–water partition coefficient (Wildman–Crippen LogP) is 2.76. The van der Waals surface area contributed by atoms with Crippen LogP contribution >= 0.6 is 0 Å². The molecule has 2 aromatic carbocycles. The first-order valence-corrected chi connectivity index (χ1v) is 9.01. The lowest BCUT2D eigenvalue weighted by Gasteiger charge is -2.21. The Labute approximate surface area is 173 Å². The summed E-state index contributed by atoms with van der Waals surface area (Å²) in [7, 11) is 4.11. The summed E-state index contributed by atoms with van der Waals surface area (Å²) in [6, 6.07) is 6.27. The number of esters is 2. The average Bonchev–Trinajstić information content (AvgIpc) is 3.18. The van der Waals surface area contributed by atoms with E-state index in [-0.39, 0.29) is 36.2 Å². The molecule has 9 heteroatoms. The van der Waals surface area contributed by atoms with Gasteiger partial charge in [-0.2, -0.15) is 0 Å². The zero-order valence-electron chi connectivity index (χ0n) is 17.0. The van der Waals surface area contributed by atoms with E-state index >= 15 is 0 Å². The summed E-state index contributed by atoms with van der Waals surface area (Å²) in [5.41, 5.74) is 0.994. The smallest absolute Gasteiger partial charge is 0.308 e. The summed E-state index contributed by atoms with van der Waals surface area (Å²) >= 11 is 0. The molecule has 160 valence electrons. The Balaban J connectivity index is 2.15. The number of rotatable bonds is 7. The van der Waals surface area contributed by atoms with Crippen LogP contribution in [0.4, 0.5) is 0 Å². The first-order chi connectivity index (χ1) is 14.4. The lowest BCUT2D eigenvalue weighted by atomic mass is 9.87. The maximum atomic E-state index is 12.1. The number of ether oxygens (including phenoxy) is 6. The van der Waals surface area contributed by atoms with Crippen LogP contribution in [0.15, 0.2) is 24.3 Å². The van der Waals surface area contributed by atoms with Crippen molar-refractivity contribution in [2.45, 2.75) is 19.3 Å². The van der Waals surface area contributed by atoms with E-state index in [4.69, 9.17) is 28.4 Å². The maximum absolute atomic E-state index is 12.1. The first-order valence-electron chi connectivity index (χ1n) is 9.01. The van der Waals surface area contributed by atoms with Gasteiger partial charge < -0.3 is 33.5 Å². The normalized spacial score (nSPS) is 12.8. The minimum atomic E-state index is -0.638. The Bertz CT molecular complexity index is 942. The molecule has 1 aliphatic heterocycles. The number of phenolic OH excluding ortho intramolecular Hbond substituents is 1. The zero-order chi connectivity index (χ0) is 21.8. The van der Waals surface area contributed by atoms with Crippen LogP contribution in [0.1, 0.15) is 30.4 Å². The van der Waals surface area contributed by atoms with E-state index in [1.54, 1.807) is 18.2 Å². The Kier molecular flexibility index (Phi) is 6.20. The summed E-state index contributed by atoms with van der Waals surface area (Å²) in [6.07, 6.45) is -0.0804. The molecule has 1 atom stereocenters. The van der Waals surface area contributed by atoms with Gasteiger partial charge in [0.15, 0.2) is 23.0 Å². The Morgan fingerprint density at radius 2 is 1.63 bits per heavy atom. The summed E-state index contributed by atoms with van der Waals surface area (Å²) in [6.45, 7) is 1.30. The zero-order valence-corrected chi connectivity index (χ0v) is 17.0. The molecule has 0 radical (unpaired) electrons. The third kappa shape index (κ3) is 4.19. The van der Waals surface area contributed by atoms with Crippen molar-refractivity contribution in [1.82, 2.24) is 0 Å². The van der Waals surface area contributed by atoms with E-state index in [1.807, 2.05) is 0 Å². The van der Waals surface area contributed by atoms with E-state index in [2.05, 4.69) is 0 Å². The van der Waals surface area contributed by atoms with Crippen molar-refractivity contribution in [1.29, 1.82) is 0 Å². The lowest BCUT2D eigenvalue weighted by molar-refractivity contribution is -0.140. The molecule has 0 fully saturated rings. The van der Waals surface area contributed by atoms with Crippen LogP contribution < -0.4 is 23.7 Å². The number of benzene rings is 2. The molecule has 1 heterocycles. The molecule has 1 unspecified atom stereocenters. The van der Waals surface area contributed by atoms with Gasteiger partial charge in [-0.3, -0.25) is 9.59 Å². The van der Waals surface area contributed by atoms with Gasteiger partial charge in [-0.25, -0.2) is 0 Å². The molecule has 9 nitrogen and oxygen atoms in total. The second-order valence-corrected chi connectivity index (χ2v) is 6.45. The second kappa shape index (κ2) is 8.81. The van der Waals surface area contributed by atoms with Crippen LogP contribution in [0.5, 0.6) is 34.5 Å². The van der Waals surface area contributed by atoms with Crippen molar-refractivity contribution >= 4 is 11.9 Å². The van der Waals surface area contributed by atoms with Crippen molar-refractivity contribution in [2.24, 2.45) is 0 Å². The van der Waals surface area contributed by atoms with Gasteiger partial charge >= 0.3 is 11.9 Å². The van der Waals surface area contributed by atoms with Crippen molar-refractivity contribution in [3.8, 4) is 34.5 Å².